The molecule has 158 valence electrons. The fourth-order valence-electron chi connectivity index (χ4n) is 1.21. The third kappa shape index (κ3) is 43.4. The zero-order chi connectivity index (χ0) is 20.5. The molecule has 0 unspecified atom stereocenters. The molecule has 0 spiro atoms. The van der Waals surface area contributed by atoms with Crippen LogP contribution < -0.4 is 0 Å². The summed E-state index contributed by atoms with van der Waals surface area (Å²) in [6.45, 7) is 5.06. The molecule has 0 amide bonds. The third-order valence-electron chi connectivity index (χ3n) is 2.31. The topological polar surface area (TPSA) is 163 Å². The van der Waals surface area contributed by atoms with Gasteiger partial charge >= 0.3 is 11.9 Å². The predicted octanol–water partition coefficient (Wildman–Crippen LogP) is -0.265. The molecule has 0 heterocycles. The van der Waals surface area contributed by atoms with Gasteiger partial charge in [0.1, 0.15) is 0 Å². The number of rotatable bonds is 15. The van der Waals surface area contributed by atoms with E-state index in [9.17, 15) is 9.59 Å². The second kappa shape index (κ2) is 28.5. The third-order valence-corrected chi connectivity index (χ3v) is 2.31. The van der Waals surface area contributed by atoms with Crippen molar-refractivity contribution in [3.63, 3.8) is 0 Å². The van der Waals surface area contributed by atoms with Crippen LogP contribution in [0.4, 0.5) is 0 Å². The first-order chi connectivity index (χ1) is 12.5. The lowest BCUT2D eigenvalue weighted by Crippen LogP contribution is -2.06. The quantitative estimate of drug-likeness (QED) is 0.237. The molecule has 0 aromatic carbocycles. The van der Waals surface area contributed by atoms with Crippen LogP contribution in [-0.4, -0.2) is 96.9 Å². The molecule has 26 heavy (non-hydrogen) atoms. The van der Waals surface area contributed by atoms with Crippen LogP contribution in [0.1, 0.15) is 32.6 Å². The fraction of sp³-hybridized carbons (Fsp3) is 0.875. The van der Waals surface area contributed by atoms with E-state index in [4.69, 9.17) is 35.0 Å². The Hall–Kier alpha value is -1.30. The van der Waals surface area contributed by atoms with Crippen LogP contribution in [0.2, 0.25) is 0 Å². The molecule has 0 aliphatic heterocycles. The van der Waals surface area contributed by atoms with Crippen molar-refractivity contribution >= 4 is 11.9 Å². The van der Waals surface area contributed by atoms with Crippen LogP contribution >= 0.6 is 0 Å². The lowest BCUT2D eigenvalue weighted by molar-refractivity contribution is -0.139. The molecule has 0 radical (unpaired) electrons. The second-order valence-electron chi connectivity index (χ2n) is 4.59. The normalized spacial score (nSPS) is 9.54. The number of hydrogen-bond donors (Lipinski definition) is 5. The van der Waals surface area contributed by atoms with Crippen molar-refractivity contribution in [2.75, 3.05) is 59.5 Å². The van der Waals surface area contributed by atoms with Crippen molar-refractivity contribution < 1.29 is 49.3 Å². The van der Waals surface area contributed by atoms with E-state index in [0.717, 1.165) is 6.61 Å². The highest BCUT2D eigenvalue weighted by Crippen LogP contribution is 1.98. The van der Waals surface area contributed by atoms with E-state index in [1.54, 1.807) is 0 Å². The summed E-state index contributed by atoms with van der Waals surface area (Å²) >= 11 is 0. The standard InChI is InChI=1S/C6H10O4.C6H14O3.C4H10O3/c7-5(8)3-1-2-4-6(9)10;1-2-8-5-6-9-4-3-7;5-1-3-7-4-2-6/h1-4H2,(H,7,8)(H,9,10);7H,2-6H2,1H3;5-6H,1-4H2. The molecule has 0 saturated heterocycles. The van der Waals surface area contributed by atoms with Gasteiger partial charge in [-0.05, 0) is 19.8 Å². The monoisotopic (exact) mass is 386 g/mol. The average Bonchev–Trinajstić information content (AvgIpc) is 2.60. The van der Waals surface area contributed by atoms with Gasteiger partial charge in [-0.15, -0.1) is 0 Å². The van der Waals surface area contributed by atoms with Gasteiger partial charge in [-0.2, -0.15) is 0 Å². The first-order valence-electron chi connectivity index (χ1n) is 8.45. The number of carboxylic acid groups (broad SMARTS) is 2. The molecule has 10 nitrogen and oxygen atoms in total. The van der Waals surface area contributed by atoms with E-state index in [0.29, 0.717) is 45.9 Å². The fourth-order valence-corrected chi connectivity index (χ4v) is 1.21. The molecule has 0 aromatic rings. The SMILES string of the molecule is CCOCCOCCO.O=C(O)CCCCC(=O)O.OCCOCCO. The number of carboxylic acids is 2. The Bertz CT molecular complexity index is 260. The molecule has 10 heteroatoms. The van der Waals surface area contributed by atoms with Crippen LogP contribution in [0.15, 0.2) is 0 Å². The maximum Gasteiger partial charge on any atom is 0.303 e. The highest BCUT2D eigenvalue weighted by Gasteiger charge is 1.99. The minimum atomic E-state index is -0.870. The number of aliphatic hydroxyl groups excluding tert-OH is 3. The first-order valence-corrected chi connectivity index (χ1v) is 8.45. The Morgan fingerprint density at radius 2 is 1.00 bits per heavy atom. The summed E-state index contributed by atoms with van der Waals surface area (Å²) in [5.41, 5.74) is 0. The van der Waals surface area contributed by atoms with Crippen LogP contribution in [0, 0.1) is 0 Å². The van der Waals surface area contributed by atoms with Crippen molar-refractivity contribution in [3.8, 4) is 0 Å². The van der Waals surface area contributed by atoms with Crippen LogP contribution in [-0.2, 0) is 23.8 Å². The van der Waals surface area contributed by atoms with Gasteiger partial charge in [-0.3, -0.25) is 9.59 Å². The average molecular weight is 386 g/mol. The summed E-state index contributed by atoms with van der Waals surface area (Å²) in [6.07, 6.45) is 1.02. The molecule has 0 rings (SSSR count). The van der Waals surface area contributed by atoms with E-state index in [-0.39, 0.29) is 32.7 Å². The van der Waals surface area contributed by atoms with Crippen molar-refractivity contribution in [1.29, 1.82) is 0 Å². The molecule has 0 bridgehead atoms. The van der Waals surface area contributed by atoms with Crippen LogP contribution in [0.25, 0.3) is 0 Å². The predicted molar refractivity (Wildman–Crippen MR) is 93.1 cm³/mol. The minimum Gasteiger partial charge on any atom is -0.481 e. The van der Waals surface area contributed by atoms with Gasteiger partial charge < -0.3 is 39.7 Å². The largest absolute Gasteiger partial charge is 0.481 e. The van der Waals surface area contributed by atoms with E-state index >= 15 is 0 Å². The Balaban J connectivity index is -0.000000310. The highest BCUT2D eigenvalue weighted by atomic mass is 16.5. The Morgan fingerprint density at radius 3 is 1.31 bits per heavy atom. The van der Waals surface area contributed by atoms with Gasteiger partial charge in [0.05, 0.1) is 52.9 Å². The second-order valence-corrected chi connectivity index (χ2v) is 4.59. The highest BCUT2D eigenvalue weighted by molar-refractivity contribution is 5.67. The van der Waals surface area contributed by atoms with E-state index < -0.39 is 11.9 Å². The summed E-state index contributed by atoms with van der Waals surface area (Å²) < 4.78 is 14.5. The number of aliphatic hydroxyl groups is 3. The molecule has 0 aromatic heterocycles. The summed E-state index contributed by atoms with van der Waals surface area (Å²) in [6, 6.07) is 0. The van der Waals surface area contributed by atoms with E-state index in [1.807, 2.05) is 6.92 Å². The van der Waals surface area contributed by atoms with E-state index in [2.05, 4.69) is 4.74 Å². The lowest BCUT2D eigenvalue weighted by atomic mass is 10.2. The Morgan fingerprint density at radius 1 is 0.654 bits per heavy atom. The summed E-state index contributed by atoms with van der Waals surface area (Å²) in [4.78, 5) is 19.8. The van der Waals surface area contributed by atoms with Crippen molar-refractivity contribution in [2.24, 2.45) is 0 Å². The van der Waals surface area contributed by atoms with Crippen LogP contribution in [0.5, 0.6) is 0 Å². The summed E-state index contributed by atoms with van der Waals surface area (Å²) in [5.74, 6) is -1.74. The van der Waals surface area contributed by atoms with Crippen molar-refractivity contribution in [2.45, 2.75) is 32.6 Å². The van der Waals surface area contributed by atoms with Gasteiger partial charge in [0.2, 0.25) is 0 Å². The number of hydrogen-bond acceptors (Lipinski definition) is 8. The number of unbranched alkanes of at least 4 members (excludes halogenated alkanes) is 1. The number of aliphatic carboxylic acids is 2. The first kappa shape index (κ1) is 29.5. The van der Waals surface area contributed by atoms with Gasteiger partial charge in [-0.25, -0.2) is 0 Å². The smallest absolute Gasteiger partial charge is 0.303 e. The molecule has 0 fully saturated rings. The molecule has 0 atom stereocenters. The summed E-state index contributed by atoms with van der Waals surface area (Å²) in [5, 5.41) is 40.7. The van der Waals surface area contributed by atoms with Gasteiger partial charge in [0.15, 0.2) is 0 Å². The molecule has 0 aliphatic carbocycles. The summed E-state index contributed by atoms with van der Waals surface area (Å²) in [7, 11) is 0. The zero-order valence-corrected chi connectivity index (χ0v) is 15.5. The van der Waals surface area contributed by atoms with Gasteiger partial charge in [0, 0.05) is 19.4 Å². The molecular weight excluding hydrogens is 352 g/mol. The van der Waals surface area contributed by atoms with Gasteiger partial charge in [-0.1, -0.05) is 0 Å². The Labute approximate surface area is 154 Å². The molecule has 0 aliphatic rings. The van der Waals surface area contributed by atoms with Crippen LogP contribution in [0.3, 0.4) is 0 Å². The molecule has 5 N–H and O–H groups in total. The Kier molecular flexibility index (Phi) is 32.3. The minimum absolute atomic E-state index is 0.0278. The number of ether oxygens (including phenoxy) is 3. The molecular formula is C16H34O10. The van der Waals surface area contributed by atoms with Crippen molar-refractivity contribution in [1.82, 2.24) is 0 Å². The van der Waals surface area contributed by atoms with Gasteiger partial charge in [0.25, 0.3) is 0 Å². The molecule has 0 saturated carbocycles. The lowest BCUT2D eigenvalue weighted by Gasteiger charge is -2.00. The zero-order valence-electron chi connectivity index (χ0n) is 15.5. The maximum absolute atomic E-state index is 9.90. The maximum atomic E-state index is 9.90. The number of carbonyl (C=O) groups is 2. The van der Waals surface area contributed by atoms with Crippen molar-refractivity contribution in [3.05, 3.63) is 0 Å². The van der Waals surface area contributed by atoms with E-state index in [1.165, 1.54) is 0 Å².